The molecule has 1 aliphatic rings. The number of aryl methyl sites for hydroxylation is 1. The quantitative estimate of drug-likeness (QED) is 0.666. The lowest BCUT2D eigenvalue weighted by molar-refractivity contribution is -0.124. The molecule has 0 aliphatic heterocycles. The van der Waals surface area contributed by atoms with Crippen LogP contribution in [0.2, 0.25) is 0 Å². The van der Waals surface area contributed by atoms with Crippen molar-refractivity contribution in [2.45, 2.75) is 64.7 Å². The van der Waals surface area contributed by atoms with Crippen LogP contribution in [0, 0.1) is 11.8 Å². The Kier molecular flexibility index (Phi) is 6.09. The van der Waals surface area contributed by atoms with E-state index >= 15 is 0 Å². The van der Waals surface area contributed by atoms with Gasteiger partial charge in [0.1, 0.15) is 5.78 Å². The fourth-order valence-electron chi connectivity index (χ4n) is 3.17. The third-order valence-corrected chi connectivity index (χ3v) is 5.40. The van der Waals surface area contributed by atoms with Crippen molar-refractivity contribution in [1.29, 1.82) is 0 Å². The summed E-state index contributed by atoms with van der Waals surface area (Å²) in [6.45, 7) is 2.26. The van der Waals surface area contributed by atoms with E-state index in [1.165, 1.54) is 37.0 Å². The zero-order chi connectivity index (χ0) is 13.5. The molecule has 2 rings (SSSR count). The second-order valence-electron chi connectivity index (χ2n) is 5.91. The first-order valence-corrected chi connectivity index (χ1v) is 8.72. The molecule has 1 fully saturated rings. The van der Waals surface area contributed by atoms with E-state index in [0.29, 0.717) is 11.7 Å². The molecule has 1 aromatic rings. The van der Waals surface area contributed by atoms with Crippen LogP contribution < -0.4 is 0 Å². The highest BCUT2D eigenvalue weighted by molar-refractivity contribution is 7.09. The largest absolute Gasteiger partial charge is 0.299 e. The molecule has 1 aliphatic carbocycles. The summed E-state index contributed by atoms with van der Waals surface area (Å²) in [6, 6.07) is 4.21. The van der Waals surface area contributed by atoms with Gasteiger partial charge in [-0.05, 0) is 49.5 Å². The first-order chi connectivity index (χ1) is 9.29. The van der Waals surface area contributed by atoms with E-state index in [4.69, 9.17) is 0 Å². The summed E-state index contributed by atoms with van der Waals surface area (Å²) >= 11 is 1.77. The topological polar surface area (TPSA) is 17.1 Å². The predicted octanol–water partition coefficient (Wildman–Crippen LogP) is 5.25. The normalized spacial score (nSPS) is 23.4. The number of rotatable bonds is 7. The van der Waals surface area contributed by atoms with Crippen molar-refractivity contribution in [2.75, 3.05) is 0 Å². The van der Waals surface area contributed by atoms with E-state index in [1.807, 2.05) is 0 Å². The van der Waals surface area contributed by atoms with Crippen LogP contribution in [0.4, 0.5) is 0 Å². The third kappa shape index (κ3) is 4.76. The van der Waals surface area contributed by atoms with Crippen LogP contribution >= 0.6 is 11.3 Å². The van der Waals surface area contributed by atoms with Crippen molar-refractivity contribution < 1.29 is 4.79 Å². The first-order valence-electron chi connectivity index (χ1n) is 7.84. The van der Waals surface area contributed by atoms with E-state index in [9.17, 15) is 4.79 Å². The second kappa shape index (κ2) is 7.84. The number of carbonyl (C=O) groups is 1. The summed E-state index contributed by atoms with van der Waals surface area (Å²) in [5.74, 6) is 1.79. The van der Waals surface area contributed by atoms with Crippen molar-refractivity contribution in [2.24, 2.45) is 11.8 Å². The maximum atomic E-state index is 12.2. The number of Topliss-reactive ketones (excluding diaryl/α,β-unsaturated/α-hetero) is 1. The predicted molar refractivity (Wildman–Crippen MR) is 82.6 cm³/mol. The maximum Gasteiger partial charge on any atom is 0.136 e. The van der Waals surface area contributed by atoms with Crippen molar-refractivity contribution in [3.63, 3.8) is 0 Å². The minimum atomic E-state index is 0.373. The lowest BCUT2D eigenvalue weighted by Gasteiger charge is -2.27. The zero-order valence-electron chi connectivity index (χ0n) is 12.1. The van der Waals surface area contributed by atoms with Gasteiger partial charge in [-0.25, -0.2) is 0 Å². The van der Waals surface area contributed by atoms with E-state index in [2.05, 4.69) is 24.4 Å². The highest BCUT2D eigenvalue weighted by atomic mass is 32.1. The highest BCUT2D eigenvalue weighted by Gasteiger charge is 2.25. The van der Waals surface area contributed by atoms with E-state index in [0.717, 1.165) is 31.6 Å². The molecule has 0 amide bonds. The van der Waals surface area contributed by atoms with Gasteiger partial charge in [0.25, 0.3) is 0 Å². The molecule has 0 N–H and O–H groups in total. The van der Waals surface area contributed by atoms with Crippen LogP contribution in [0.3, 0.4) is 0 Å². The van der Waals surface area contributed by atoms with Crippen LogP contribution in [0.5, 0.6) is 0 Å². The maximum absolute atomic E-state index is 12.2. The Morgan fingerprint density at radius 2 is 2.11 bits per heavy atom. The van der Waals surface area contributed by atoms with Gasteiger partial charge in [-0.15, -0.1) is 11.3 Å². The molecule has 0 unspecified atom stereocenters. The average Bonchev–Trinajstić information content (AvgIpc) is 2.96. The van der Waals surface area contributed by atoms with E-state index in [1.54, 1.807) is 11.3 Å². The molecular formula is C17H26OS. The molecule has 2 heteroatoms. The average molecular weight is 278 g/mol. The second-order valence-corrected chi connectivity index (χ2v) is 6.94. The van der Waals surface area contributed by atoms with Crippen molar-refractivity contribution in [1.82, 2.24) is 0 Å². The Hall–Kier alpha value is -0.630. The fourth-order valence-corrected chi connectivity index (χ4v) is 3.88. The Morgan fingerprint density at radius 1 is 1.32 bits per heavy atom. The summed E-state index contributed by atoms with van der Waals surface area (Å²) in [6.07, 6.45) is 10.6. The van der Waals surface area contributed by atoms with Gasteiger partial charge in [0.15, 0.2) is 0 Å². The summed E-state index contributed by atoms with van der Waals surface area (Å²) in [5, 5.41) is 2.10. The standard InChI is InChI=1S/C17H26OS/c1-2-3-5-14-7-9-15(10-8-14)17(18)12-11-16-6-4-13-19-16/h4,6,13-15H,2-3,5,7-12H2,1H3. The van der Waals surface area contributed by atoms with Crippen LogP contribution in [0.25, 0.3) is 0 Å². The summed E-state index contributed by atoms with van der Waals surface area (Å²) < 4.78 is 0. The number of hydrogen-bond acceptors (Lipinski definition) is 2. The zero-order valence-corrected chi connectivity index (χ0v) is 12.9. The highest BCUT2D eigenvalue weighted by Crippen LogP contribution is 2.33. The Balaban J connectivity index is 1.67. The molecule has 0 spiro atoms. The van der Waals surface area contributed by atoms with Gasteiger partial charge in [-0.3, -0.25) is 4.79 Å². The van der Waals surface area contributed by atoms with Gasteiger partial charge in [0.05, 0.1) is 0 Å². The van der Waals surface area contributed by atoms with Crippen molar-refractivity contribution in [3.8, 4) is 0 Å². The Bertz CT molecular complexity index is 361. The minimum absolute atomic E-state index is 0.373. The molecule has 19 heavy (non-hydrogen) atoms. The van der Waals surface area contributed by atoms with Crippen LogP contribution in [0.1, 0.15) is 63.2 Å². The Morgan fingerprint density at radius 3 is 2.74 bits per heavy atom. The van der Waals surface area contributed by atoms with Gasteiger partial charge in [0, 0.05) is 17.2 Å². The molecule has 1 nitrogen and oxygen atoms in total. The molecule has 0 saturated heterocycles. The first kappa shape index (κ1) is 14.8. The van der Waals surface area contributed by atoms with Crippen LogP contribution in [0.15, 0.2) is 17.5 Å². The number of ketones is 1. The van der Waals surface area contributed by atoms with Gasteiger partial charge >= 0.3 is 0 Å². The minimum Gasteiger partial charge on any atom is -0.299 e. The third-order valence-electron chi connectivity index (χ3n) is 4.47. The monoisotopic (exact) mass is 278 g/mol. The number of hydrogen-bond donors (Lipinski definition) is 0. The molecule has 1 heterocycles. The van der Waals surface area contributed by atoms with Gasteiger partial charge in [0.2, 0.25) is 0 Å². The van der Waals surface area contributed by atoms with Crippen molar-refractivity contribution >= 4 is 17.1 Å². The molecule has 1 aromatic heterocycles. The Labute approximate surface area is 121 Å². The number of unbranched alkanes of at least 4 members (excludes halogenated alkanes) is 1. The molecule has 0 radical (unpaired) electrons. The molecule has 0 aromatic carbocycles. The van der Waals surface area contributed by atoms with E-state index < -0.39 is 0 Å². The summed E-state index contributed by atoms with van der Waals surface area (Å²) in [5.41, 5.74) is 0. The van der Waals surface area contributed by atoms with Crippen LogP contribution in [-0.4, -0.2) is 5.78 Å². The smallest absolute Gasteiger partial charge is 0.136 e. The fraction of sp³-hybridized carbons (Fsp3) is 0.706. The van der Waals surface area contributed by atoms with Gasteiger partial charge < -0.3 is 0 Å². The summed E-state index contributed by atoms with van der Waals surface area (Å²) in [4.78, 5) is 13.6. The van der Waals surface area contributed by atoms with Crippen molar-refractivity contribution in [3.05, 3.63) is 22.4 Å². The van der Waals surface area contributed by atoms with E-state index in [-0.39, 0.29) is 0 Å². The molecule has 0 bridgehead atoms. The molecule has 106 valence electrons. The summed E-state index contributed by atoms with van der Waals surface area (Å²) in [7, 11) is 0. The molecule has 1 saturated carbocycles. The van der Waals surface area contributed by atoms with Gasteiger partial charge in [-0.1, -0.05) is 32.3 Å². The lowest BCUT2D eigenvalue weighted by Crippen LogP contribution is -2.22. The van der Waals surface area contributed by atoms with Crippen LogP contribution in [-0.2, 0) is 11.2 Å². The molecular weight excluding hydrogens is 252 g/mol. The molecule has 0 atom stereocenters. The lowest BCUT2D eigenvalue weighted by atomic mass is 9.77. The number of carbonyl (C=O) groups excluding carboxylic acids is 1. The number of thiophene rings is 1. The SMILES string of the molecule is CCCCC1CCC(C(=O)CCc2cccs2)CC1. The van der Waals surface area contributed by atoms with Gasteiger partial charge in [-0.2, -0.15) is 0 Å².